The van der Waals surface area contributed by atoms with Crippen molar-refractivity contribution in [3.63, 3.8) is 0 Å². The molecule has 0 spiro atoms. The first-order chi connectivity index (χ1) is 10.2. The van der Waals surface area contributed by atoms with E-state index in [1.165, 1.54) is 0 Å². The molecule has 0 saturated heterocycles. The molecule has 0 bridgehead atoms. The first-order valence-corrected chi connectivity index (χ1v) is 6.60. The molecule has 0 aromatic heterocycles. The molecule has 2 heterocycles. The molecular weight excluding hydrogens is 268 g/mol. The molecule has 0 unspecified atom stereocenters. The Hall–Kier alpha value is -2.76. The number of hydrogen-bond donors (Lipinski definition) is 2. The molecule has 6 heteroatoms. The van der Waals surface area contributed by atoms with Crippen LogP contribution in [0.3, 0.4) is 0 Å². The van der Waals surface area contributed by atoms with Gasteiger partial charge in [0.1, 0.15) is 11.6 Å². The first-order valence-electron chi connectivity index (χ1n) is 6.60. The predicted octanol–water partition coefficient (Wildman–Crippen LogP) is 1.92. The second-order valence-corrected chi connectivity index (χ2v) is 4.78. The van der Waals surface area contributed by atoms with Gasteiger partial charge in [-0.15, -0.1) is 0 Å². The average molecular weight is 284 g/mol. The van der Waals surface area contributed by atoms with Crippen LogP contribution in [-0.4, -0.2) is 26.8 Å². The van der Waals surface area contributed by atoms with Gasteiger partial charge < -0.3 is 20.1 Å². The number of rotatable bonds is 4. The number of aryl methyl sites for hydroxylation is 2. The highest BCUT2D eigenvalue weighted by Gasteiger charge is 2.15. The normalized spacial score (nSPS) is 10.9. The van der Waals surface area contributed by atoms with Crippen molar-refractivity contribution in [2.75, 3.05) is 12.8 Å². The van der Waals surface area contributed by atoms with Crippen LogP contribution in [0.4, 0.5) is 5.82 Å². The van der Waals surface area contributed by atoms with Crippen LogP contribution >= 0.6 is 0 Å². The molecule has 1 aromatic rings. The molecule has 0 fully saturated rings. The number of methoxy groups -OCH3 is 1. The van der Waals surface area contributed by atoms with Gasteiger partial charge in [-0.25, -0.2) is 9.97 Å². The van der Waals surface area contributed by atoms with Crippen molar-refractivity contribution in [3.05, 3.63) is 42.2 Å². The maximum atomic E-state index is 10.2. The van der Waals surface area contributed by atoms with Crippen molar-refractivity contribution in [3.8, 4) is 23.0 Å². The molecule has 0 aliphatic carbocycles. The van der Waals surface area contributed by atoms with E-state index in [9.17, 15) is 5.11 Å². The summed E-state index contributed by atoms with van der Waals surface area (Å²) in [5.41, 5.74) is 7.35. The predicted molar refractivity (Wildman–Crippen MR) is 79.4 cm³/mol. The first kappa shape index (κ1) is 13.2. The fraction of sp³-hybridized carbons (Fsp3) is 0.200. The van der Waals surface area contributed by atoms with Crippen molar-refractivity contribution < 1.29 is 9.84 Å². The van der Waals surface area contributed by atoms with Crippen molar-refractivity contribution in [2.45, 2.75) is 13.0 Å². The monoisotopic (exact) mass is 284 g/mol. The van der Waals surface area contributed by atoms with Crippen LogP contribution in [0.25, 0.3) is 11.4 Å². The summed E-state index contributed by atoms with van der Waals surface area (Å²) in [7, 11) is 1.64. The van der Waals surface area contributed by atoms with Gasteiger partial charge in [-0.05, 0) is 30.2 Å². The molecule has 0 amide bonds. The van der Waals surface area contributed by atoms with Crippen LogP contribution in [-0.2, 0) is 13.0 Å². The summed E-state index contributed by atoms with van der Waals surface area (Å²) in [6.45, 7) is 0.617. The van der Waals surface area contributed by atoms with E-state index in [0.29, 0.717) is 23.8 Å². The Labute approximate surface area is 122 Å². The largest absolute Gasteiger partial charge is 0.497 e. The van der Waals surface area contributed by atoms with Gasteiger partial charge in [-0.3, -0.25) is 0 Å². The standard InChI is InChI=1S/C15H16N4O2/c1-21-11-4-2-10(3-5-11)6-7-19-9-17-14-12(15(19)20)8-13(16)18-14/h2-5,8-9,20H,6-7,16H2,1H3. The zero-order valence-electron chi connectivity index (χ0n) is 11.7. The molecule has 1 aromatic carbocycles. The van der Waals surface area contributed by atoms with Crippen molar-refractivity contribution in [1.82, 2.24) is 14.5 Å². The molecule has 2 aliphatic heterocycles. The molecule has 2 aliphatic rings. The fourth-order valence-corrected chi connectivity index (χ4v) is 2.23. The number of hydrogen-bond acceptors (Lipinski definition) is 5. The lowest BCUT2D eigenvalue weighted by atomic mass is 10.1. The Morgan fingerprint density at radius 2 is 2.05 bits per heavy atom. The van der Waals surface area contributed by atoms with E-state index < -0.39 is 0 Å². The van der Waals surface area contributed by atoms with E-state index in [2.05, 4.69) is 9.97 Å². The molecule has 0 atom stereocenters. The molecule has 108 valence electrons. The molecule has 3 N–H and O–H groups in total. The summed E-state index contributed by atoms with van der Waals surface area (Å²) in [5.74, 6) is 1.79. The van der Waals surface area contributed by atoms with E-state index >= 15 is 0 Å². The minimum Gasteiger partial charge on any atom is -0.497 e. The second-order valence-electron chi connectivity index (χ2n) is 4.78. The lowest BCUT2D eigenvalue weighted by Crippen LogP contribution is -2.05. The highest BCUT2D eigenvalue weighted by molar-refractivity contribution is 5.68. The van der Waals surface area contributed by atoms with Gasteiger partial charge in [-0.1, -0.05) is 12.1 Å². The summed E-state index contributed by atoms with van der Waals surface area (Å²) < 4.78 is 6.82. The smallest absolute Gasteiger partial charge is 0.203 e. The van der Waals surface area contributed by atoms with Gasteiger partial charge in [0.25, 0.3) is 0 Å². The number of nitrogens with zero attached hydrogens (tertiary/aromatic N) is 3. The third-order valence-corrected chi connectivity index (χ3v) is 3.40. The van der Waals surface area contributed by atoms with E-state index in [0.717, 1.165) is 17.7 Å². The quantitative estimate of drug-likeness (QED) is 0.764. The van der Waals surface area contributed by atoms with Gasteiger partial charge in [0.15, 0.2) is 5.82 Å². The number of ether oxygens (including phenoxy) is 1. The van der Waals surface area contributed by atoms with Crippen LogP contribution < -0.4 is 10.5 Å². The molecular formula is C15H16N4O2. The van der Waals surface area contributed by atoms with Gasteiger partial charge in [0, 0.05) is 6.54 Å². The molecule has 3 rings (SSSR count). The number of aromatic hydroxyl groups is 1. The summed E-state index contributed by atoms with van der Waals surface area (Å²) >= 11 is 0. The number of benzene rings is 1. The fourth-order valence-electron chi connectivity index (χ4n) is 2.23. The summed E-state index contributed by atoms with van der Waals surface area (Å²) in [4.78, 5) is 8.23. The Morgan fingerprint density at radius 1 is 1.29 bits per heavy atom. The minimum absolute atomic E-state index is 0.137. The summed E-state index contributed by atoms with van der Waals surface area (Å²) in [5, 5.41) is 10.2. The van der Waals surface area contributed by atoms with Gasteiger partial charge in [-0.2, -0.15) is 0 Å². The topological polar surface area (TPSA) is 86.2 Å². The number of nitrogen functional groups attached to an aromatic ring is 1. The van der Waals surface area contributed by atoms with Gasteiger partial charge in [0.05, 0.1) is 19.0 Å². The lowest BCUT2D eigenvalue weighted by molar-refractivity contribution is 0.409. The van der Waals surface area contributed by atoms with Crippen LogP contribution in [0.2, 0.25) is 0 Å². The Morgan fingerprint density at radius 3 is 2.76 bits per heavy atom. The maximum absolute atomic E-state index is 10.2. The average Bonchev–Trinajstić information content (AvgIpc) is 2.89. The van der Waals surface area contributed by atoms with Crippen LogP contribution in [0.1, 0.15) is 5.56 Å². The second kappa shape index (κ2) is 5.32. The SMILES string of the molecule is COc1ccc(CCn2cnc3nc(N)cc-3c2O)cc1. The number of fused-ring (bicyclic) bond motifs is 1. The summed E-state index contributed by atoms with van der Waals surface area (Å²) in [6, 6.07) is 9.47. The number of anilines is 1. The molecule has 0 radical (unpaired) electrons. The van der Waals surface area contributed by atoms with Crippen molar-refractivity contribution in [2.24, 2.45) is 0 Å². The van der Waals surface area contributed by atoms with Crippen molar-refractivity contribution in [1.29, 1.82) is 0 Å². The molecule has 0 saturated carbocycles. The van der Waals surface area contributed by atoms with Crippen LogP contribution in [0.15, 0.2) is 36.7 Å². The third kappa shape index (κ3) is 2.60. The number of nitrogens with two attached hydrogens (primary N) is 1. The van der Waals surface area contributed by atoms with Gasteiger partial charge >= 0.3 is 0 Å². The third-order valence-electron chi connectivity index (χ3n) is 3.40. The molecule has 21 heavy (non-hydrogen) atoms. The highest BCUT2D eigenvalue weighted by atomic mass is 16.5. The lowest BCUT2D eigenvalue weighted by Gasteiger charge is -2.11. The van der Waals surface area contributed by atoms with E-state index in [1.54, 1.807) is 24.1 Å². The number of aromatic nitrogens is 3. The highest BCUT2D eigenvalue weighted by Crippen LogP contribution is 2.30. The van der Waals surface area contributed by atoms with E-state index in [1.807, 2.05) is 24.3 Å². The van der Waals surface area contributed by atoms with E-state index in [4.69, 9.17) is 10.5 Å². The molecule has 6 nitrogen and oxygen atoms in total. The van der Waals surface area contributed by atoms with Crippen LogP contribution in [0.5, 0.6) is 11.6 Å². The van der Waals surface area contributed by atoms with E-state index in [-0.39, 0.29) is 5.88 Å². The zero-order valence-corrected chi connectivity index (χ0v) is 11.7. The Bertz CT molecular complexity index is 721. The minimum atomic E-state index is 0.137. The van der Waals surface area contributed by atoms with Crippen LogP contribution in [0, 0.1) is 0 Å². The maximum Gasteiger partial charge on any atom is 0.203 e. The zero-order chi connectivity index (χ0) is 14.8. The van der Waals surface area contributed by atoms with Gasteiger partial charge in [0.2, 0.25) is 5.88 Å². The Balaban J connectivity index is 1.78. The Kier molecular flexibility index (Phi) is 3.35. The summed E-state index contributed by atoms with van der Waals surface area (Å²) in [6.07, 6.45) is 2.35. The van der Waals surface area contributed by atoms with Crippen molar-refractivity contribution >= 4 is 5.82 Å².